The Kier molecular flexibility index (Phi) is 3.10. The standard InChI is InChI=1S/C14H16ClN3/c15-11-4-6-12(7-5-11)18-14-3-1-2-10(8-16)13(14)9-17-18/h4-7,9-10H,1-3,8,16H2. The Hall–Kier alpha value is -1.32. The van der Waals surface area contributed by atoms with Crippen molar-refractivity contribution in [3.05, 3.63) is 46.7 Å². The molecule has 3 nitrogen and oxygen atoms in total. The van der Waals surface area contributed by atoms with Crippen LogP contribution in [0.15, 0.2) is 30.5 Å². The van der Waals surface area contributed by atoms with Crippen LogP contribution in [-0.2, 0) is 6.42 Å². The molecule has 18 heavy (non-hydrogen) atoms. The fourth-order valence-corrected chi connectivity index (χ4v) is 2.82. The molecule has 1 aromatic heterocycles. The molecule has 0 bridgehead atoms. The SMILES string of the molecule is NCC1CCCc2c1cnn2-c1ccc(Cl)cc1. The number of hydrogen-bond acceptors (Lipinski definition) is 2. The van der Waals surface area contributed by atoms with Crippen LogP contribution >= 0.6 is 11.6 Å². The van der Waals surface area contributed by atoms with Gasteiger partial charge >= 0.3 is 0 Å². The van der Waals surface area contributed by atoms with Crippen LogP contribution in [0.4, 0.5) is 0 Å². The lowest BCUT2D eigenvalue weighted by atomic mass is 9.87. The Balaban J connectivity index is 2.04. The molecule has 0 fully saturated rings. The van der Waals surface area contributed by atoms with Gasteiger partial charge in [-0.2, -0.15) is 5.10 Å². The van der Waals surface area contributed by atoms with Crippen molar-refractivity contribution >= 4 is 11.6 Å². The van der Waals surface area contributed by atoms with Crippen LogP contribution in [0.5, 0.6) is 0 Å². The summed E-state index contributed by atoms with van der Waals surface area (Å²) >= 11 is 5.92. The highest BCUT2D eigenvalue weighted by Crippen LogP contribution is 2.32. The second-order valence-corrected chi connectivity index (χ2v) is 5.20. The third kappa shape index (κ3) is 1.93. The highest BCUT2D eigenvalue weighted by atomic mass is 35.5. The van der Waals surface area contributed by atoms with Crippen molar-refractivity contribution in [1.82, 2.24) is 9.78 Å². The summed E-state index contributed by atoms with van der Waals surface area (Å²) in [5.41, 5.74) is 9.52. The lowest BCUT2D eigenvalue weighted by molar-refractivity contribution is 0.549. The van der Waals surface area contributed by atoms with E-state index in [1.807, 2.05) is 35.1 Å². The highest BCUT2D eigenvalue weighted by Gasteiger charge is 2.23. The van der Waals surface area contributed by atoms with Crippen molar-refractivity contribution in [3.8, 4) is 5.69 Å². The fraction of sp³-hybridized carbons (Fsp3) is 0.357. The lowest BCUT2D eigenvalue weighted by Gasteiger charge is -2.21. The molecule has 0 saturated carbocycles. The smallest absolute Gasteiger partial charge is 0.0649 e. The summed E-state index contributed by atoms with van der Waals surface area (Å²) in [6.07, 6.45) is 5.42. The zero-order valence-corrected chi connectivity index (χ0v) is 10.9. The second-order valence-electron chi connectivity index (χ2n) is 4.76. The molecule has 0 radical (unpaired) electrons. The molecule has 3 rings (SSSR count). The second kappa shape index (κ2) is 4.75. The van der Waals surface area contributed by atoms with E-state index in [9.17, 15) is 0 Å². The molecule has 0 aliphatic heterocycles. The van der Waals surface area contributed by atoms with Crippen LogP contribution in [0.1, 0.15) is 30.0 Å². The van der Waals surface area contributed by atoms with Crippen LogP contribution in [0.2, 0.25) is 5.02 Å². The molecule has 0 saturated heterocycles. The minimum absolute atomic E-state index is 0.467. The summed E-state index contributed by atoms with van der Waals surface area (Å²) in [7, 11) is 0. The van der Waals surface area contributed by atoms with E-state index >= 15 is 0 Å². The average molecular weight is 262 g/mol. The number of fused-ring (bicyclic) bond motifs is 1. The average Bonchev–Trinajstić information content (AvgIpc) is 2.83. The van der Waals surface area contributed by atoms with Crippen molar-refractivity contribution in [2.45, 2.75) is 25.2 Å². The number of nitrogens with two attached hydrogens (primary N) is 1. The van der Waals surface area contributed by atoms with Crippen molar-refractivity contribution < 1.29 is 0 Å². The van der Waals surface area contributed by atoms with E-state index in [4.69, 9.17) is 17.3 Å². The Morgan fingerprint density at radius 3 is 2.83 bits per heavy atom. The number of aromatic nitrogens is 2. The maximum atomic E-state index is 5.92. The first kappa shape index (κ1) is 11.8. The first-order valence-electron chi connectivity index (χ1n) is 6.32. The van der Waals surface area contributed by atoms with Gasteiger partial charge in [-0.15, -0.1) is 0 Å². The van der Waals surface area contributed by atoms with Crippen LogP contribution in [0.25, 0.3) is 5.69 Å². The third-order valence-electron chi connectivity index (χ3n) is 3.66. The Morgan fingerprint density at radius 2 is 2.11 bits per heavy atom. The van der Waals surface area contributed by atoms with Crippen molar-refractivity contribution in [2.24, 2.45) is 5.73 Å². The summed E-state index contributed by atoms with van der Waals surface area (Å²) in [6.45, 7) is 0.708. The van der Waals surface area contributed by atoms with E-state index in [-0.39, 0.29) is 0 Å². The Labute approximate surface area is 112 Å². The summed E-state index contributed by atoms with van der Waals surface area (Å²) in [5, 5.41) is 5.26. The normalized spacial score (nSPS) is 18.7. The predicted molar refractivity (Wildman–Crippen MR) is 73.3 cm³/mol. The molecule has 94 valence electrons. The Morgan fingerprint density at radius 1 is 1.33 bits per heavy atom. The maximum absolute atomic E-state index is 5.92. The molecule has 2 aromatic rings. The van der Waals surface area contributed by atoms with E-state index in [0.717, 1.165) is 17.1 Å². The number of benzene rings is 1. The van der Waals surface area contributed by atoms with Gasteiger partial charge in [-0.1, -0.05) is 11.6 Å². The van der Waals surface area contributed by atoms with E-state index in [0.29, 0.717) is 12.5 Å². The largest absolute Gasteiger partial charge is 0.330 e. The first-order chi connectivity index (χ1) is 8.79. The summed E-state index contributed by atoms with van der Waals surface area (Å²) in [4.78, 5) is 0. The lowest BCUT2D eigenvalue weighted by Crippen LogP contribution is -2.18. The molecule has 1 atom stereocenters. The third-order valence-corrected chi connectivity index (χ3v) is 3.91. The summed E-state index contributed by atoms with van der Waals surface area (Å²) < 4.78 is 2.02. The van der Waals surface area contributed by atoms with Gasteiger partial charge in [0.15, 0.2) is 0 Å². The molecule has 1 aromatic carbocycles. The molecule has 2 N–H and O–H groups in total. The molecular formula is C14H16ClN3. The van der Waals surface area contributed by atoms with Crippen molar-refractivity contribution in [2.75, 3.05) is 6.54 Å². The Bertz CT molecular complexity index is 545. The van der Waals surface area contributed by atoms with Crippen molar-refractivity contribution in [1.29, 1.82) is 0 Å². The first-order valence-corrected chi connectivity index (χ1v) is 6.70. The molecule has 1 aliphatic carbocycles. The number of rotatable bonds is 2. The summed E-state index contributed by atoms with van der Waals surface area (Å²) in [6, 6.07) is 7.80. The van der Waals surface area contributed by atoms with Crippen LogP contribution in [0.3, 0.4) is 0 Å². The number of halogens is 1. The van der Waals surface area contributed by atoms with Gasteiger partial charge in [-0.3, -0.25) is 0 Å². The van der Waals surface area contributed by atoms with Gasteiger partial charge in [0.2, 0.25) is 0 Å². The van der Waals surface area contributed by atoms with E-state index < -0.39 is 0 Å². The number of hydrogen-bond donors (Lipinski definition) is 1. The predicted octanol–water partition coefficient (Wildman–Crippen LogP) is 2.90. The molecule has 4 heteroatoms. The maximum Gasteiger partial charge on any atom is 0.0649 e. The van der Waals surface area contributed by atoms with Gasteiger partial charge in [-0.25, -0.2) is 4.68 Å². The zero-order chi connectivity index (χ0) is 12.5. The molecule has 0 amide bonds. The van der Waals surface area contributed by atoms with Crippen molar-refractivity contribution in [3.63, 3.8) is 0 Å². The van der Waals surface area contributed by atoms with Crippen LogP contribution < -0.4 is 5.73 Å². The van der Waals surface area contributed by atoms with Gasteiger partial charge in [0, 0.05) is 10.7 Å². The topological polar surface area (TPSA) is 43.8 Å². The molecule has 1 aliphatic rings. The van der Waals surface area contributed by atoms with E-state index in [1.165, 1.54) is 24.1 Å². The molecule has 1 heterocycles. The minimum atomic E-state index is 0.467. The molecular weight excluding hydrogens is 246 g/mol. The van der Waals surface area contributed by atoms with Gasteiger partial charge in [0.1, 0.15) is 0 Å². The van der Waals surface area contributed by atoms with E-state index in [2.05, 4.69) is 5.10 Å². The zero-order valence-electron chi connectivity index (χ0n) is 10.1. The van der Waals surface area contributed by atoms with Gasteiger partial charge < -0.3 is 5.73 Å². The highest BCUT2D eigenvalue weighted by molar-refractivity contribution is 6.30. The fourth-order valence-electron chi connectivity index (χ4n) is 2.70. The van der Waals surface area contributed by atoms with Gasteiger partial charge in [-0.05, 0) is 61.6 Å². The number of nitrogens with zero attached hydrogens (tertiary/aromatic N) is 2. The molecule has 0 spiro atoms. The van der Waals surface area contributed by atoms with Gasteiger partial charge in [0.05, 0.1) is 11.9 Å². The minimum Gasteiger partial charge on any atom is -0.330 e. The summed E-state index contributed by atoms with van der Waals surface area (Å²) in [5.74, 6) is 0.467. The van der Waals surface area contributed by atoms with Crippen LogP contribution in [0, 0.1) is 0 Å². The van der Waals surface area contributed by atoms with Crippen LogP contribution in [-0.4, -0.2) is 16.3 Å². The monoisotopic (exact) mass is 261 g/mol. The molecule has 1 unspecified atom stereocenters. The van der Waals surface area contributed by atoms with E-state index in [1.54, 1.807) is 0 Å². The quantitative estimate of drug-likeness (QED) is 0.903. The van der Waals surface area contributed by atoms with Gasteiger partial charge in [0.25, 0.3) is 0 Å².